The van der Waals surface area contributed by atoms with E-state index in [-0.39, 0.29) is 5.82 Å². The molecule has 0 unspecified atom stereocenters. The van der Waals surface area contributed by atoms with Gasteiger partial charge in [-0.05, 0) is 45.5 Å². The van der Waals surface area contributed by atoms with E-state index in [1.54, 1.807) is 12.1 Å². The highest BCUT2D eigenvalue weighted by atomic mass is 127. The topological polar surface area (TPSA) is 0 Å². The van der Waals surface area contributed by atoms with Crippen molar-refractivity contribution in [2.24, 2.45) is 0 Å². The second-order valence-electron chi connectivity index (χ2n) is 2.61. The molecule has 0 aliphatic carbocycles. The SMILES string of the molecule is Fc1cc(I)c2ccccc2c1. The summed E-state index contributed by atoms with van der Waals surface area (Å²) in [4.78, 5) is 0. The molecule has 2 heteroatoms. The Bertz CT molecular complexity index is 423. The minimum absolute atomic E-state index is 0.168. The first kappa shape index (κ1) is 7.98. The van der Waals surface area contributed by atoms with Crippen LogP contribution in [0.4, 0.5) is 4.39 Å². The van der Waals surface area contributed by atoms with E-state index in [1.807, 2.05) is 24.3 Å². The van der Waals surface area contributed by atoms with Crippen molar-refractivity contribution in [1.29, 1.82) is 0 Å². The molecule has 0 atom stereocenters. The van der Waals surface area contributed by atoms with Crippen molar-refractivity contribution in [3.63, 3.8) is 0 Å². The lowest BCUT2D eigenvalue weighted by molar-refractivity contribution is 0.629. The fourth-order valence-corrected chi connectivity index (χ4v) is 2.02. The Morgan fingerprint density at radius 1 is 1.08 bits per heavy atom. The molecule has 0 aliphatic heterocycles. The Balaban J connectivity index is 2.89. The second kappa shape index (κ2) is 3.01. The smallest absolute Gasteiger partial charge is 0.124 e. The molecule has 2 rings (SSSR count). The molecule has 0 aliphatic rings. The van der Waals surface area contributed by atoms with Crippen LogP contribution in [-0.2, 0) is 0 Å². The lowest BCUT2D eigenvalue weighted by atomic mass is 10.1. The van der Waals surface area contributed by atoms with Gasteiger partial charge in [-0.25, -0.2) is 4.39 Å². The maximum Gasteiger partial charge on any atom is 0.124 e. The molecule has 0 N–H and O–H groups in total. The number of fused-ring (bicyclic) bond motifs is 1. The molecule has 60 valence electrons. The van der Waals surface area contributed by atoms with Crippen LogP contribution in [0.25, 0.3) is 10.8 Å². The summed E-state index contributed by atoms with van der Waals surface area (Å²) in [6.07, 6.45) is 0. The van der Waals surface area contributed by atoms with Gasteiger partial charge in [-0.15, -0.1) is 0 Å². The number of halogens is 2. The van der Waals surface area contributed by atoms with Crippen molar-refractivity contribution in [3.05, 3.63) is 45.8 Å². The fraction of sp³-hybridized carbons (Fsp3) is 0. The highest BCUT2D eigenvalue weighted by Gasteiger charge is 1.99. The minimum Gasteiger partial charge on any atom is -0.207 e. The molecule has 0 bridgehead atoms. The normalized spacial score (nSPS) is 10.5. The van der Waals surface area contributed by atoms with Crippen LogP contribution in [0, 0.1) is 9.39 Å². The summed E-state index contributed by atoms with van der Waals surface area (Å²) < 4.78 is 13.9. The van der Waals surface area contributed by atoms with Gasteiger partial charge in [-0.2, -0.15) is 0 Å². The largest absolute Gasteiger partial charge is 0.207 e. The van der Waals surface area contributed by atoms with E-state index in [9.17, 15) is 4.39 Å². The van der Waals surface area contributed by atoms with Gasteiger partial charge in [0, 0.05) is 3.57 Å². The van der Waals surface area contributed by atoms with Crippen molar-refractivity contribution in [1.82, 2.24) is 0 Å². The Hall–Kier alpha value is -0.640. The van der Waals surface area contributed by atoms with E-state index in [0.29, 0.717) is 0 Å². The molecule has 0 fully saturated rings. The van der Waals surface area contributed by atoms with E-state index in [0.717, 1.165) is 14.3 Å². The van der Waals surface area contributed by atoms with Crippen LogP contribution in [0.15, 0.2) is 36.4 Å². The molecule has 0 saturated heterocycles. The first-order valence-corrected chi connectivity index (χ1v) is 4.69. The number of hydrogen-bond acceptors (Lipinski definition) is 0. The lowest BCUT2D eigenvalue weighted by Gasteiger charge is -1.99. The quantitative estimate of drug-likeness (QED) is 0.643. The van der Waals surface area contributed by atoms with Crippen molar-refractivity contribution in [2.75, 3.05) is 0 Å². The predicted molar refractivity (Wildman–Crippen MR) is 56.6 cm³/mol. The van der Waals surface area contributed by atoms with E-state index >= 15 is 0 Å². The van der Waals surface area contributed by atoms with Crippen LogP contribution < -0.4 is 0 Å². The Kier molecular flexibility index (Phi) is 2.00. The molecule has 0 spiro atoms. The predicted octanol–water partition coefficient (Wildman–Crippen LogP) is 3.58. The third-order valence-corrected chi connectivity index (χ3v) is 2.67. The molecular formula is C10H6FI. The average Bonchev–Trinajstić information content (AvgIpc) is 2.04. The van der Waals surface area contributed by atoms with Crippen LogP contribution in [0.3, 0.4) is 0 Å². The van der Waals surface area contributed by atoms with Crippen LogP contribution in [-0.4, -0.2) is 0 Å². The van der Waals surface area contributed by atoms with Gasteiger partial charge in [-0.3, -0.25) is 0 Å². The van der Waals surface area contributed by atoms with Gasteiger partial charge >= 0.3 is 0 Å². The Morgan fingerprint density at radius 3 is 2.67 bits per heavy atom. The third-order valence-electron chi connectivity index (χ3n) is 1.78. The lowest BCUT2D eigenvalue weighted by Crippen LogP contribution is -1.80. The Labute approximate surface area is 83.5 Å². The number of hydrogen-bond donors (Lipinski definition) is 0. The van der Waals surface area contributed by atoms with Crippen molar-refractivity contribution < 1.29 is 4.39 Å². The van der Waals surface area contributed by atoms with E-state index in [1.165, 1.54) is 0 Å². The average molecular weight is 272 g/mol. The molecule has 0 saturated carbocycles. The molecule has 0 amide bonds. The van der Waals surface area contributed by atoms with Crippen molar-refractivity contribution >= 4 is 33.4 Å². The summed E-state index contributed by atoms with van der Waals surface area (Å²) in [6, 6.07) is 10.9. The molecule has 0 nitrogen and oxygen atoms in total. The molecule has 12 heavy (non-hydrogen) atoms. The highest BCUT2D eigenvalue weighted by Crippen LogP contribution is 2.21. The summed E-state index contributed by atoms with van der Waals surface area (Å²) in [6.45, 7) is 0. The zero-order valence-electron chi connectivity index (χ0n) is 6.22. The van der Waals surface area contributed by atoms with Gasteiger partial charge < -0.3 is 0 Å². The number of benzene rings is 2. The molecule has 2 aromatic carbocycles. The number of rotatable bonds is 0. The second-order valence-corrected chi connectivity index (χ2v) is 3.77. The maximum absolute atomic E-state index is 12.9. The minimum atomic E-state index is -0.168. The van der Waals surface area contributed by atoms with E-state index in [2.05, 4.69) is 22.6 Å². The standard InChI is InChI=1S/C10H6FI/c11-8-5-7-3-1-2-4-9(7)10(12)6-8/h1-6H. The van der Waals surface area contributed by atoms with Crippen LogP contribution in [0.1, 0.15) is 0 Å². The summed E-state index contributed by atoms with van der Waals surface area (Å²) in [5, 5.41) is 2.07. The van der Waals surface area contributed by atoms with Crippen LogP contribution in [0.2, 0.25) is 0 Å². The first-order chi connectivity index (χ1) is 5.77. The molecule has 0 radical (unpaired) electrons. The summed E-state index contributed by atoms with van der Waals surface area (Å²) >= 11 is 2.14. The zero-order valence-corrected chi connectivity index (χ0v) is 8.38. The first-order valence-electron chi connectivity index (χ1n) is 3.61. The van der Waals surface area contributed by atoms with Gasteiger partial charge in [0.1, 0.15) is 5.82 Å². The monoisotopic (exact) mass is 272 g/mol. The molecule has 0 aromatic heterocycles. The van der Waals surface area contributed by atoms with E-state index < -0.39 is 0 Å². The zero-order chi connectivity index (χ0) is 8.55. The maximum atomic E-state index is 12.9. The molecule has 2 aromatic rings. The third kappa shape index (κ3) is 1.31. The van der Waals surface area contributed by atoms with Gasteiger partial charge in [0.2, 0.25) is 0 Å². The van der Waals surface area contributed by atoms with Crippen LogP contribution in [0.5, 0.6) is 0 Å². The van der Waals surface area contributed by atoms with Gasteiger partial charge in [-0.1, -0.05) is 24.3 Å². The van der Waals surface area contributed by atoms with Gasteiger partial charge in [0.05, 0.1) is 0 Å². The highest BCUT2D eigenvalue weighted by molar-refractivity contribution is 14.1. The molecule has 0 heterocycles. The van der Waals surface area contributed by atoms with Crippen molar-refractivity contribution in [3.8, 4) is 0 Å². The fourth-order valence-electron chi connectivity index (χ4n) is 1.23. The van der Waals surface area contributed by atoms with E-state index in [4.69, 9.17) is 0 Å². The summed E-state index contributed by atoms with van der Waals surface area (Å²) in [7, 11) is 0. The Morgan fingerprint density at radius 2 is 1.83 bits per heavy atom. The summed E-state index contributed by atoms with van der Waals surface area (Å²) in [5.74, 6) is -0.168. The summed E-state index contributed by atoms with van der Waals surface area (Å²) in [5.41, 5.74) is 0. The van der Waals surface area contributed by atoms with Gasteiger partial charge in [0.15, 0.2) is 0 Å². The van der Waals surface area contributed by atoms with Gasteiger partial charge in [0.25, 0.3) is 0 Å². The molecular weight excluding hydrogens is 266 g/mol. The van der Waals surface area contributed by atoms with Crippen molar-refractivity contribution in [2.45, 2.75) is 0 Å². The van der Waals surface area contributed by atoms with Crippen LogP contribution >= 0.6 is 22.6 Å².